The maximum atomic E-state index is 13.1. The number of nitrogens with one attached hydrogen (secondary N) is 1. The Bertz CT molecular complexity index is 1150. The van der Waals surface area contributed by atoms with E-state index in [1.807, 2.05) is 14.1 Å². The van der Waals surface area contributed by atoms with E-state index in [0.717, 1.165) is 23.9 Å². The molecular formula is C18H18F3N3O4S. The van der Waals surface area contributed by atoms with E-state index in [-0.39, 0.29) is 11.9 Å². The van der Waals surface area contributed by atoms with Crippen LogP contribution in [0.2, 0.25) is 0 Å². The van der Waals surface area contributed by atoms with Gasteiger partial charge >= 0.3 is 12.1 Å². The highest BCUT2D eigenvalue weighted by Crippen LogP contribution is 2.34. The molecule has 0 spiro atoms. The Labute approximate surface area is 164 Å². The topological polar surface area (TPSA) is 115 Å². The first-order valence-corrected chi connectivity index (χ1v) is 9.41. The van der Waals surface area contributed by atoms with E-state index in [0.29, 0.717) is 17.0 Å². The summed E-state index contributed by atoms with van der Waals surface area (Å²) in [5.74, 6) is -1.50. The van der Waals surface area contributed by atoms with Gasteiger partial charge in [-0.15, -0.1) is 0 Å². The lowest BCUT2D eigenvalue weighted by Crippen LogP contribution is -2.31. The van der Waals surface area contributed by atoms with Crippen molar-refractivity contribution in [2.75, 3.05) is 19.0 Å². The van der Waals surface area contributed by atoms with Crippen molar-refractivity contribution in [1.29, 1.82) is 0 Å². The number of hydrogen-bond donors (Lipinski definition) is 2. The largest absolute Gasteiger partial charge is 0.451 e. The molecule has 0 aliphatic heterocycles. The molecule has 0 aliphatic rings. The predicted molar refractivity (Wildman–Crippen MR) is 102 cm³/mol. The molecule has 3 rings (SSSR count). The quantitative estimate of drug-likeness (QED) is 0.652. The van der Waals surface area contributed by atoms with E-state index in [1.54, 1.807) is 27.8 Å². The van der Waals surface area contributed by atoms with Crippen LogP contribution in [0.25, 0.3) is 11.0 Å². The fourth-order valence-electron chi connectivity index (χ4n) is 2.57. The molecule has 156 valence electrons. The second-order valence-electron chi connectivity index (χ2n) is 6.16. The van der Waals surface area contributed by atoms with Crippen molar-refractivity contribution in [1.82, 2.24) is 10.9 Å². The number of amides is 1. The van der Waals surface area contributed by atoms with E-state index in [1.165, 1.54) is 6.07 Å². The van der Waals surface area contributed by atoms with Crippen molar-refractivity contribution in [3.05, 3.63) is 59.9 Å². The SMILES string of the molecule is CN(C)c1ccc2cc(C(=O)NS(=O)(=O)c3ccccc3C(F)(F)F)oc2c1.N. The summed E-state index contributed by atoms with van der Waals surface area (Å²) in [4.78, 5) is 13.1. The average Bonchev–Trinajstić information content (AvgIpc) is 3.04. The van der Waals surface area contributed by atoms with Crippen LogP contribution >= 0.6 is 0 Å². The molecule has 0 aliphatic carbocycles. The highest BCUT2D eigenvalue weighted by molar-refractivity contribution is 7.90. The predicted octanol–water partition coefficient (Wildman–Crippen LogP) is 3.80. The zero-order chi connectivity index (χ0) is 20.7. The van der Waals surface area contributed by atoms with Gasteiger partial charge in [-0.05, 0) is 30.3 Å². The van der Waals surface area contributed by atoms with E-state index < -0.39 is 32.6 Å². The maximum Gasteiger partial charge on any atom is 0.417 e. The van der Waals surface area contributed by atoms with Crippen molar-refractivity contribution < 1.29 is 30.8 Å². The molecule has 0 bridgehead atoms. The first kappa shape index (κ1) is 22.2. The Hall–Kier alpha value is -3.05. The second-order valence-corrected chi connectivity index (χ2v) is 7.81. The highest BCUT2D eigenvalue weighted by atomic mass is 32.2. The Morgan fingerprint density at radius 1 is 1.07 bits per heavy atom. The molecule has 0 atom stereocenters. The van der Waals surface area contributed by atoms with E-state index >= 15 is 0 Å². The Balaban J connectivity index is 0.00000300. The fraction of sp³-hybridized carbons (Fsp3) is 0.167. The number of fused-ring (bicyclic) bond motifs is 1. The van der Waals surface area contributed by atoms with Gasteiger partial charge in [0.15, 0.2) is 5.76 Å². The number of carbonyl (C=O) groups excluding carboxylic acids is 1. The Kier molecular flexibility index (Phi) is 5.95. The zero-order valence-electron chi connectivity index (χ0n) is 15.4. The third-order valence-corrected chi connectivity index (χ3v) is 5.34. The minimum absolute atomic E-state index is 0. The summed E-state index contributed by atoms with van der Waals surface area (Å²) >= 11 is 0. The van der Waals surface area contributed by atoms with Crippen LogP contribution in [0, 0.1) is 0 Å². The molecule has 7 nitrogen and oxygen atoms in total. The zero-order valence-corrected chi connectivity index (χ0v) is 16.3. The molecule has 1 aromatic heterocycles. The van der Waals surface area contributed by atoms with Crippen LogP contribution < -0.4 is 15.8 Å². The second kappa shape index (κ2) is 7.76. The Morgan fingerprint density at radius 3 is 2.34 bits per heavy atom. The summed E-state index contributed by atoms with van der Waals surface area (Å²) in [5.41, 5.74) is -0.236. The first-order valence-electron chi connectivity index (χ1n) is 7.93. The molecule has 29 heavy (non-hydrogen) atoms. The van der Waals surface area contributed by atoms with Gasteiger partial charge < -0.3 is 15.5 Å². The van der Waals surface area contributed by atoms with Crippen LogP contribution in [0.1, 0.15) is 16.1 Å². The smallest absolute Gasteiger partial charge is 0.417 e. The minimum atomic E-state index is -4.89. The number of alkyl halides is 3. The number of halogens is 3. The number of nitrogens with zero attached hydrogens (tertiary/aromatic N) is 1. The van der Waals surface area contributed by atoms with Crippen LogP contribution in [-0.2, 0) is 16.2 Å². The van der Waals surface area contributed by atoms with E-state index in [9.17, 15) is 26.4 Å². The van der Waals surface area contributed by atoms with Gasteiger partial charge in [-0.2, -0.15) is 13.2 Å². The van der Waals surface area contributed by atoms with Gasteiger partial charge in [-0.1, -0.05) is 12.1 Å². The summed E-state index contributed by atoms with van der Waals surface area (Å²) in [7, 11) is -1.15. The van der Waals surface area contributed by atoms with Crippen molar-refractivity contribution in [3.63, 3.8) is 0 Å². The van der Waals surface area contributed by atoms with Crippen molar-refractivity contribution >= 4 is 32.6 Å². The molecule has 2 aromatic carbocycles. The van der Waals surface area contributed by atoms with Gasteiger partial charge in [0.25, 0.3) is 10.0 Å². The summed E-state index contributed by atoms with van der Waals surface area (Å²) < 4.78 is 71.0. The summed E-state index contributed by atoms with van der Waals surface area (Å²) in [6.45, 7) is 0. The van der Waals surface area contributed by atoms with E-state index in [2.05, 4.69) is 0 Å². The molecule has 0 saturated heterocycles. The molecule has 11 heteroatoms. The van der Waals surface area contributed by atoms with Gasteiger partial charge in [0.2, 0.25) is 0 Å². The van der Waals surface area contributed by atoms with Gasteiger partial charge in [0, 0.05) is 31.2 Å². The summed E-state index contributed by atoms with van der Waals surface area (Å²) in [6.07, 6.45) is -4.89. The van der Waals surface area contributed by atoms with Crippen LogP contribution in [0.15, 0.2) is 57.8 Å². The number of sulfonamides is 1. The molecule has 0 unspecified atom stereocenters. The molecule has 4 N–H and O–H groups in total. The number of carbonyl (C=O) groups is 1. The van der Waals surface area contributed by atoms with Crippen molar-refractivity contribution in [3.8, 4) is 0 Å². The molecule has 0 saturated carbocycles. The lowest BCUT2D eigenvalue weighted by molar-refractivity contribution is -0.139. The fourth-order valence-corrected chi connectivity index (χ4v) is 3.76. The van der Waals surface area contributed by atoms with Crippen molar-refractivity contribution in [2.24, 2.45) is 0 Å². The molecule has 0 fully saturated rings. The number of rotatable bonds is 4. The van der Waals surface area contributed by atoms with E-state index in [4.69, 9.17) is 4.42 Å². The molecular weight excluding hydrogens is 411 g/mol. The van der Waals surface area contributed by atoms with Gasteiger partial charge in [0.05, 0.1) is 10.5 Å². The standard InChI is InChI=1S/C18H15F3N2O4S.H3N/c1-23(2)12-8-7-11-9-15(27-14(11)10-12)17(24)22-28(25,26)16-6-4-3-5-13(16)18(19,20)21;/h3-10H,1-2H3,(H,22,24);1H3. The lowest BCUT2D eigenvalue weighted by atomic mass is 10.2. The third-order valence-electron chi connectivity index (χ3n) is 3.95. The summed E-state index contributed by atoms with van der Waals surface area (Å²) in [6, 6.07) is 10.0. The molecule has 1 heterocycles. The Morgan fingerprint density at radius 2 is 1.72 bits per heavy atom. The third kappa shape index (κ3) is 4.51. The van der Waals surface area contributed by atoms with Gasteiger partial charge in [-0.3, -0.25) is 4.79 Å². The monoisotopic (exact) mass is 429 g/mol. The molecule has 1 amide bonds. The van der Waals surface area contributed by atoms with Crippen molar-refractivity contribution in [2.45, 2.75) is 11.1 Å². The summed E-state index contributed by atoms with van der Waals surface area (Å²) in [5, 5.41) is 0.545. The number of hydrogen-bond acceptors (Lipinski definition) is 6. The van der Waals surface area contributed by atoms with Gasteiger partial charge in [-0.25, -0.2) is 13.1 Å². The molecule has 0 radical (unpaired) electrons. The van der Waals surface area contributed by atoms with Crippen LogP contribution in [0.4, 0.5) is 18.9 Å². The van der Waals surface area contributed by atoms with Gasteiger partial charge in [0.1, 0.15) is 5.58 Å². The number of anilines is 1. The first-order chi connectivity index (χ1) is 13.0. The maximum absolute atomic E-state index is 13.1. The number of benzene rings is 2. The minimum Gasteiger partial charge on any atom is -0.451 e. The normalized spacial score (nSPS) is 11.8. The van der Waals surface area contributed by atoms with Crippen LogP contribution in [0.5, 0.6) is 0 Å². The van der Waals surface area contributed by atoms with Crippen LogP contribution in [-0.4, -0.2) is 28.4 Å². The molecule has 3 aromatic rings. The highest BCUT2D eigenvalue weighted by Gasteiger charge is 2.37. The lowest BCUT2D eigenvalue weighted by Gasteiger charge is -2.13. The average molecular weight is 429 g/mol. The van der Waals surface area contributed by atoms with Crippen LogP contribution in [0.3, 0.4) is 0 Å². The number of furan rings is 1.